The number of benzene rings is 1. The largest absolute Gasteiger partial charge is 0.512 e. The van der Waals surface area contributed by atoms with E-state index in [1.165, 1.54) is 18.2 Å². The lowest BCUT2D eigenvalue weighted by Gasteiger charge is -2.19. The number of halogens is 1. The van der Waals surface area contributed by atoms with Gasteiger partial charge >= 0.3 is 0 Å². The van der Waals surface area contributed by atoms with Crippen LogP contribution in [0.15, 0.2) is 27.9 Å². The number of primary amides is 1. The van der Waals surface area contributed by atoms with E-state index in [1.807, 2.05) is 0 Å². The average Bonchev–Trinajstić information content (AvgIpc) is 2.59. The molecule has 0 saturated heterocycles. The highest BCUT2D eigenvalue weighted by molar-refractivity contribution is 9.10. The minimum absolute atomic E-state index is 0.0596. The van der Waals surface area contributed by atoms with Crippen LogP contribution in [0.4, 0.5) is 0 Å². The molecule has 1 aromatic carbocycles. The third-order valence-corrected chi connectivity index (χ3v) is 4.08. The molecular weight excluding hydrogens is 354 g/mol. The minimum Gasteiger partial charge on any atom is -0.512 e. The molecule has 1 atom stereocenters. The molecular formula is C15H14BrNO5. The van der Waals surface area contributed by atoms with Crippen molar-refractivity contribution in [3.63, 3.8) is 0 Å². The summed E-state index contributed by atoms with van der Waals surface area (Å²) < 4.78 is 0.236. The van der Waals surface area contributed by atoms with Crippen LogP contribution in [0.1, 0.15) is 29.9 Å². The highest BCUT2D eigenvalue weighted by Crippen LogP contribution is 2.46. The number of aromatic hydroxyl groups is 2. The Hall–Kier alpha value is -2.28. The molecule has 0 fully saturated rings. The van der Waals surface area contributed by atoms with Gasteiger partial charge in [0.25, 0.3) is 0 Å². The van der Waals surface area contributed by atoms with Crippen molar-refractivity contribution >= 4 is 34.2 Å². The molecule has 0 bridgehead atoms. The Bertz CT molecular complexity index is 708. The van der Waals surface area contributed by atoms with Crippen molar-refractivity contribution in [3.05, 3.63) is 39.1 Å². The van der Waals surface area contributed by atoms with E-state index in [2.05, 4.69) is 15.9 Å². The number of rotatable bonds is 4. The molecule has 1 unspecified atom stereocenters. The third-order valence-electron chi connectivity index (χ3n) is 3.48. The van der Waals surface area contributed by atoms with Crippen molar-refractivity contribution < 1.29 is 24.9 Å². The number of carbonyl (C=O) groups is 2. The molecule has 0 saturated carbocycles. The topological polar surface area (TPSA) is 121 Å². The molecule has 2 rings (SSSR count). The van der Waals surface area contributed by atoms with E-state index >= 15 is 0 Å². The van der Waals surface area contributed by atoms with Crippen molar-refractivity contribution in [3.8, 4) is 11.5 Å². The predicted molar refractivity (Wildman–Crippen MR) is 83.4 cm³/mol. The van der Waals surface area contributed by atoms with Gasteiger partial charge in [0.15, 0.2) is 11.5 Å². The molecule has 116 valence electrons. The Balaban J connectivity index is 2.73. The van der Waals surface area contributed by atoms with Gasteiger partial charge in [0.05, 0.1) is 4.47 Å². The van der Waals surface area contributed by atoms with E-state index in [4.69, 9.17) is 5.73 Å². The van der Waals surface area contributed by atoms with Crippen LogP contribution in [0.3, 0.4) is 0 Å². The maximum absolute atomic E-state index is 11.4. The molecule has 1 aliphatic rings. The Kier molecular flexibility index (Phi) is 4.56. The van der Waals surface area contributed by atoms with Crippen LogP contribution in [0.5, 0.6) is 11.5 Å². The fourth-order valence-electron chi connectivity index (χ4n) is 2.43. The second-order valence-corrected chi connectivity index (χ2v) is 5.74. The molecule has 22 heavy (non-hydrogen) atoms. The first-order chi connectivity index (χ1) is 10.4. The van der Waals surface area contributed by atoms with Crippen LogP contribution in [-0.2, 0) is 9.59 Å². The van der Waals surface area contributed by atoms with Crippen LogP contribution in [0.2, 0.25) is 0 Å². The highest BCUT2D eigenvalue weighted by atomic mass is 79.9. The molecule has 0 aromatic heterocycles. The molecule has 7 heteroatoms. The van der Waals surface area contributed by atoms with Gasteiger partial charge in [0.2, 0.25) is 5.91 Å². The van der Waals surface area contributed by atoms with Crippen LogP contribution in [0, 0.1) is 0 Å². The fraction of sp³-hybridized carbons (Fsp3) is 0.200. The lowest BCUT2D eigenvalue weighted by Crippen LogP contribution is -2.12. The highest BCUT2D eigenvalue weighted by Gasteiger charge is 2.28. The van der Waals surface area contributed by atoms with E-state index < -0.39 is 17.6 Å². The lowest BCUT2D eigenvalue weighted by molar-refractivity contribution is -0.114. The maximum Gasteiger partial charge on any atom is 0.248 e. The van der Waals surface area contributed by atoms with Crippen LogP contribution in [0.25, 0.3) is 6.08 Å². The first-order valence-corrected chi connectivity index (χ1v) is 7.26. The van der Waals surface area contributed by atoms with Gasteiger partial charge in [-0.3, -0.25) is 4.79 Å². The second-order valence-electron chi connectivity index (χ2n) is 4.89. The SMILES string of the molecule is NC(=O)C1=Cc2cc(Br)c(O)c(O)c2C(CCC=O)C(O)=C1. The van der Waals surface area contributed by atoms with Crippen LogP contribution in [-0.4, -0.2) is 27.5 Å². The normalized spacial score (nSPS) is 17.0. The number of hydrogen-bond donors (Lipinski definition) is 4. The number of phenolic OH excluding ortho intramolecular Hbond substituents is 2. The molecule has 6 nitrogen and oxygen atoms in total. The molecule has 1 aliphatic carbocycles. The number of allylic oxidation sites excluding steroid dienone is 1. The zero-order valence-electron chi connectivity index (χ0n) is 11.4. The van der Waals surface area contributed by atoms with E-state index in [-0.39, 0.29) is 40.0 Å². The molecule has 1 amide bonds. The first kappa shape index (κ1) is 16.1. The van der Waals surface area contributed by atoms with Gasteiger partial charge in [0.1, 0.15) is 12.0 Å². The number of nitrogens with two attached hydrogens (primary N) is 1. The minimum atomic E-state index is -0.739. The zero-order valence-corrected chi connectivity index (χ0v) is 13.0. The van der Waals surface area contributed by atoms with Gasteiger partial charge in [-0.25, -0.2) is 0 Å². The smallest absolute Gasteiger partial charge is 0.248 e. The predicted octanol–water partition coefficient (Wildman–Crippen LogP) is 2.25. The number of hydrogen-bond acceptors (Lipinski definition) is 5. The van der Waals surface area contributed by atoms with Crippen LogP contribution < -0.4 is 5.73 Å². The molecule has 0 heterocycles. The second kappa shape index (κ2) is 6.23. The number of aldehydes is 1. The zero-order chi connectivity index (χ0) is 16.4. The average molecular weight is 368 g/mol. The third kappa shape index (κ3) is 2.85. The molecule has 5 N–H and O–H groups in total. The molecule has 0 spiro atoms. The standard InChI is InChI=1S/C15H14BrNO5/c16-10-5-7-4-8(15(17)22)6-11(19)9(2-1-3-18)12(7)14(21)13(10)20/h3-6,9,19-21H,1-2H2,(H2,17,22). The van der Waals surface area contributed by atoms with Gasteiger partial charge in [0, 0.05) is 23.5 Å². The first-order valence-electron chi connectivity index (χ1n) is 6.46. The summed E-state index contributed by atoms with van der Waals surface area (Å²) in [6.07, 6.45) is 3.68. The van der Waals surface area contributed by atoms with Crippen molar-refractivity contribution in [2.24, 2.45) is 5.73 Å². The summed E-state index contributed by atoms with van der Waals surface area (Å²) in [5, 5.41) is 30.3. The van der Waals surface area contributed by atoms with Crippen molar-refractivity contribution in [1.82, 2.24) is 0 Å². The number of fused-ring (bicyclic) bond motifs is 1. The van der Waals surface area contributed by atoms with Gasteiger partial charge in [-0.05, 0) is 46.1 Å². The Morgan fingerprint density at radius 2 is 1.95 bits per heavy atom. The Labute approximate surface area is 134 Å². The summed E-state index contributed by atoms with van der Waals surface area (Å²) in [7, 11) is 0. The van der Waals surface area contributed by atoms with Crippen LogP contribution >= 0.6 is 15.9 Å². The van der Waals surface area contributed by atoms with E-state index in [0.29, 0.717) is 11.8 Å². The van der Waals surface area contributed by atoms with Crippen molar-refractivity contribution in [2.75, 3.05) is 0 Å². The van der Waals surface area contributed by atoms with E-state index in [0.717, 1.165) is 0 Å². The number of aliphatic hydroxyl groups is 1. The summed E-state index contributed by atoms with van der Waals surface area (Å²) in [5.74, 6) is -2.46. The van der Waals surface area contributed by atoms with Gasteiger partial charge in [-0.2, -0.15) is 0 Å². The summed E-state index contributed by atoms with van der Waals surface area (Å²) in [4.78, 5) is 22.1. The lowest BCUT2D eigenvalue weighted by atomic mass is 9.88. The van der Waals surface area contributed by atoms with Gasteiger partial charge in [-0.15, -0.1) is 0 Å². The van der Waals surface area contributed by atoms with Gasteiger partial charge in [-0.1, -0.05) is 0 Å². The summed E-state index contributed by atoms with van der Waals surface area (Å²) in [6.45, 7) is 0. The number of amides is 1. The van der Waals surface area contributed by atoms with E-state index in [1.54, 1.807) is 0 Å². The molecule has 1 aromatic rings. The van der Waals surface area contributed by atoms with Crippen molar-refractivity contribution in [2.45, 2.75) is 18.8 Å². The fourth-order valence-corrected chi connectivity index (χ4v) is 2.87. The quantitative estimate of drug-likeness (QED) is 0.480. The molecule has 0 aliphatic heterocycles. The summed E-state index contributed by atoms with van der Waals surface area (Å²) in [6, 6.07) is 1.51. The Morgan fingerprint density at radius 1 is 1.27 bits per heavy atom. The number of phenols is 2. The summed E-state index contributed by atoms with van der Waals surface area (Å²) >= 11 is 3.10. The Morgan fingerprint density at radius 3 is 2.55 bits per heavy atom. The number of aliphatic hydroxyl groups excluding tert-OH is 1. The summed E-state index contributed by atoms with van der Waals surface area (Å²) in [5.41, 5.74) is 5.99. The van der Waals surface area contributed by atoms with E-state index in [9.17, 15) is 24.9 Å². The van der Waals surface area contributed by atoms with Crippen molar-refractivity contribution in [1.29, 1.82) is 0 Å². The molecule has 0 radical (unpaired) electrons. The van der Waals surface area contributed by atoms with Gasteiger partial charge < -0.3 is 25.8 Å². The monoisotopic (exact) mass is 367 g/mol. The number of carbonyl (C=O) groups excluding carboxylic acids is 2. The maximum atomic E-state index is 11.4.